The van der Waals surface area contributed by atoms with Gasteiger partial charge in [0.15, 0.2) is 0 Å². The van der Waals surface area contributed by atoms with Gasteiger partial charge in [0.25, 0.3) is 0 Å². The Morgan fingerprint density at radius 2 is 2.16 bits per heavy atom. The Morgan fingerprint density at radius 3 is 2.88 bits per heavy atom. The van der Waals surface area contributed by atoms with Gasteiger partial charge < -0.3 is 15.0 Å². The molecule has 0 saturated heterocycles. The van der Waals surface area contributed by atoms with E-state index in [1.54, 1.807) is 24.2 Å². The van der Waals surface area contributed by atoms with E-state index in [2.05, 4.69) is 32.4 Å². The molecule has 1 N–H and O–H groups in total. The average Bonchev–Trinajstić information content (AvgIpc) is 3.04. The first-order valence-electron chi connectivity index (χ1n) is 10.4. The fourth-order valence-corrected chi connectivity index (χ4v) is 4.79. The van der Waals surface area contributed by atoms with Gasteiger partial charge in [-0.3, -0.25) is 9.00 Å². The van der Waals surface area contributed by atoms with E-state index in [1.165, 1.54) is 0 Å². The van der Waals surface area contributed by atoms with Crippen molar-refractivity contribution in [3.8, 4) is 0 Å². The van der Waals surface area contributed by atoms with Gasteiger partial charge in [0.05, 0.1) is 12.0 Å². The molecular formula is C23H30N4O3S2. The van der Waals surface area contributed by atoms with Crippen LogP contribution in [0, 0.1) is 5.41 Å². The van der Waals surface area contributed by atoms with Gasteiger partial charge in [-0.15, -0.1) is 0 Å². The number of allylic oxidation sites excluding steroid dienone is 2. The Balaban J connectivity index is 1.73. The van der Waals surface area contributed by atoms with Crippen molar-refractivity contribution in [2.75, 3.05) is 31.8 Å². The molecule has 2 aliphatic rings. The monoisotopic (exact) mass is 474 g/mol. The van der Waals surface area contributed by atoms with Crippen molar-refractivity contribution in [2.24, 2.45) is 15.4 Å². The van der Waals surface area contributed by atoms with Gasteiger partial charge in [-0.1, -0.05) is 23.9 Å². The molecule has 0 fully saturated rings. The zero-order chi connectivity index (χ0) is 23.3. The number of likely N-dealkylation sites (N-methyl/N-ethyl adjacent to an activating group) is 1. The molecule has 32 heavy (non-hydrogen) atoms. The first-order chi connectivity index (χ1) is 15.1. The number of thioether (sulfide) groups is 1. The molecule has 0 aliphatic carbocycles. The number of esters is 1. The molecule has 0 bridgehead atoms. The molecule has 0 aromatic heterocycles. The summed E-state index contributed by atoms with van der Waals surface area (Å²) in [5.74, 6) is 0.292. The van der Waals surface area contributed by atoms with Crippen molar-refractivity contribution < 1.29 is 13.7 Å². The minimum absolute atomic E-state index is 0.000413. The predicted molar refractivity (Wildman–Crippen MR) is 134 cm³/mol. The Kier molecular flexibility index (Phi) is 7.95. The van der Waals surface area contributed by atoms with Crippen LogP contribution >= 0.6 is 11.8 Å². The predicted octanol–water partition coefficient (Wildman–Crippen LogP) is 4.03. The third-order valence-electron chi connectivity index (χ3n) is 4.87. The third-order valence-corrected chi connectivity index (χ3v) is 7.14. The summed E-state index contributed by atoms with van der Waals surface area (Å²) in [5, 5.41) is 3.23. The van der Waals surface area contributed by atoms with Gasteiger partial charge in [0.1, 0.15) is 12.0 Å². The van der Waals surface area contributed by atoms with E-state index in [0.717, 1.165) is 21.2 Å². The number of rotatable bonds is 4. The number of hydrogen-bond acceptors (Lipinski definition) is 8. The van der Waals surface area contributed by atoms with Gasteiger partial charge in [-0.2, -0.15) is 0 Å². The van der Waals surface area contributed by atoms with Crippen LogP contribution < -0.4 is 5.32 Å². The van der Waals surface area contributed by atoms with Crippen LogP contribution in [0.15, 0.2) is 61.9 Å². The van der Waals surface area contributed by atoms with E-state index in [0.29, 0.717) is 25.5 Å². The number of nitrogens with zero attached hydrogens (tertiary/aromatic N) is 3. The molecule has 2 heterocycles. The Morgan fingerprint density at radius 1 is 1.38 bits per heavy atom. The summed E-state index contributed by atoms with van der Waals surface area (Å²) in [6, 6.07) is 7.43. The Hall–Kier alpha value is -2.39. The fraction of sp³-hybridized carbons (Fsp3) is 0.435. The number of aliphatic imine (C=N–C) groups is 2. The zero-order valence-corrected chi connectivity index (χ0v) is 20.8. The molecule has 2 aliphatic heterocycles. The maximum Gasteiger partial charge on any atom is 0.311 e. The second-order valence-electron chi connectivity index (χ2n) is 8.54. The van der Waals surface area contributed by atoms with E-state index >= 15 is 0 Å². The smallest absolute Gasteiger partial charge is 0.311 e. The minimum atomic E-state index is -1.06. The number of ether oxygens (including phenoxy) is 1. The average molecular weight is 475 g/mol. The lowest BCUT2D eigenvalue weighted by molar-refractivity contribution is -0.153. The second-order valence-corrected chi connectivity index (χ2v) is 11.2. The van der Waals surface area contributed by atoms with Crippen molar-refractivity contribution >= 4 is 46.4 Å². The summed E-state index contributed by atoms with van der Waals surface area (Å²) >= 11 is 1.66. The topological polar surface area (TPSA) is 83.4 Å². The van der Waals surface area contributed by atoms with Crippen LogP contribution in [0.1, 0.15) is 27.2 Å². The fourth-order valence-electron chi connectivity index (χ4n) is 3.01. The van der Waals surface area contributed by atoms with Crippen LogP contribution in [-0.4, -0.2) is 59.1 Å². The van der Waals surface area contributed by atoms with Crippen molar-refractivity contribution in [1.82, 2.24) is 4.90 Å². The Labute approximate surface area is 196 Å². The Bertz CT molecular complexity index is 1010. The second kappa shape index (κ2) is 10.5. The summed E-state index contributed by atoms with van der Waals surface area (Å²) < 4.78 is 17.3. The SMILES string of the molecule is CN1C2=C(CN=C(Nc3cccc(S(C)=O)c3)N=CCC=C2)SC1COC(=O)C(C)(C)C. The first kappa shape index (κ1) is 24.3. The molecule has 0 saturated carbocycles. The highest BCUT2D eigenvalue weighted by Gasteiger charge is 2.31. The molecule has 1 aromatic carbocycles. The van der Waals surface area contributed by atoms with Crippen LogP contribution in [0.3, 0.4) is 0 Å². The van der Waals surface area contributed by atoms with Crippen LogP contribution in [0.2, 0.25) is 0 Å². The number of nitrogens with one attached hydrogen (secondary N) is 1. The number of hydrogen-bond donors (Lipinski definition) is 1. The number of carbonyl (C=O) groups excluding carboxylic acids is 1. The summed E-state index contributed by atoms with van der Waals surface area (Å²) in [6.45, 7) is 6.32. The van der Waals surface area contributed by atoms with Crippen LogP contribution in [0.25, 0.3) is 0 Å². The van der Waals surface area contributed by atoms with Crippen molar-refractivity contribution in [1.29, 1.82) is 0 Å². The van der Waals surface area contributed by atoms with Gasteiger partial charge in [0.2, 0.25) is 5.96 Å². The van der Waals surface area contributed by atoms with E-state index in [-0.39, 0.29) is 11.3 Å². The quantitative estimate of drug-likeness (QED) is 0.664. The molecule has 172 valence electrons. The lowest BCUT2D eigenvalue weighted by Gasteiger charge is -2.24. The highest BCUT2D eigenvalue weighted by Crippen LogP contribution is 2.38. The molecule has 1 aromatic rings. The molecule has 0 radical (unpaired) electrons. The molecular weight excluding hydrogens is 444 g/mol. The van der Waals surface area contributed by atoms with E-state index in [4.69, 9.17) is 4.74 Å². The molecule has 0 spiro atoms. The highest BCUT2D eigenvalue weighted by atomic mass is 32.2. The maximum absolute atomic E-state index is 12.2. The lowest BCUT2D eigenvalue weighted by Crippen LogP contribution is -2.32. The maximum atomic E-state index is 12.2. The van der Waals surface area contributed by atoms with E-state index in [1.807, 2.05) is 52.1 Å². The normalized spacial score (nSPS) is 20.0. The molecule has 2 atom stereocenters. The number of benzene rings is 1. The molecule has 0 amide bonds. The minimum Gasteiger partial charge on any atom is -0.462 e. The molecule has 3 rings (SSSR count). The van der Waals surface area contributed by atoms with E-state index < -0.39 is 16.2 Å². The van der Waals surface area contributed by atoms with Crippen molar-refractivity contribution in [2.45, 2.75) is 37.5 Å². The van der Waals surface area contributed by atoms with Crippen molar-refractivity contribution in [3.05, 3.63) is 47.0 Å². The largest absolute Gasteiger partial charge is 0.462 e. The molecule has 7 nitrogen and oxygen atoms in total. The van der Waals surface area contributed by atoms with Crippen LogP contribution in [-0.2, 0) is 20.3 Å². The number of guanidine groups is 1. The highest BCUT2D eigenvalue weighted by molar-refractivity contribution is 8.03. The summed E-state index contributed by atoms with van der Waals surface area (Å²) in [6.07, 6.45) is 8.26. The summed E-state index contributed by atoms with van der Waals surface area (Å²) in [5.41, 5.74) is 1.34. The standard InChI is InChI=1S/C23H30N4O3S2/c1-23(2,3)21(28)30-15-20-27(4)18-11-6-7-12-24-22(25-14-19(18)31-20)26-16-9-8-10-17(13-16)32(5)29/h6,8-13,20H,7,14-15H2,1-5H3,(H,25,26). The van der Waals surface area contributed by atoms with Gasteiger partial charge >= 0.3 is 5.97 Å². The molecule has 2 unspecified atom stereocenters. The number of carbonyl (C=O) groups is 1. The van der Waals surface area contributed by atoms with Crippen molar-refractivity contribution in [3.63, 3.8) is 0 Å². The van der Waals surface area contributed by atoms with Gasteiger partial charge in [-0.05, 0) is 45.0 Å². The first-order valence-corrected chi connectivity index (χ1v) is 12.8. The summed E-state index contributed by atoms with van der Waals surface area (Å²) in [7, 11) is 0.949. The third kappa shape index (κ3) is 6.32. The van der Waals surface area contributed by atoms with E-state index in [9.17, 15) is 9.00 Å². The van der Waals surface area contributed by atoms with Crippen LogP contribution in [0.5, 0.6) is 0 Å². The van der Waals surface area contributed by atoms with Gasteiger partial charge in [0, 0.05) is 57.9 Å². The molecule has 9 heteroatoms. The zero-order valence-electron chi connectivity index (χ0n) is 19.1. The van der Waals surface area contributed by atoms with Crippen LogP contribution in [0.4, 0.5) is 5.69 Å². The number of anilines is 1. The lowest BCUT2D eigenvalue weighted by atomic mass is 9.97. The van der Waals surface area contributed by atoms with Gasteiger partial charge in [-0.25, -0.2) is 9.98 Å². The summed E-state index contributed by atoms with van der Waals surface area (Å²) in [4.78, 5) is 25.3.